The number of hydrogen-bond acceptors (Lipinski definition) is 3. The summed E-state index contributed by atoms with van der Waals surface area (Å²) in [5.41, 5.74) is 9.29. The van der Waals surface area contributed by atoms with Crippen LogP contribution in [-0.4, -0.2) is 30.5 Å². The smallest absolute Gasteiger partial charge is 0.0713 e. The molecule has 108 valence electrons. The van der Waals surface area contributed by atoms with Gasteiger partial charge in [-0.05, 0) is 44.8 Å². The van der Waals surface area contributed by atoms with Crippen molar-refractivity contribution in [1.82, 2.24) is 9.88 Å². The third-order valence-electron chi connectivity index (χ3n) is 4.03. The van der Waals surface area contributed by atoms with Gasteiger partial charge in [-0.15, -0.1) is 0 Å². The van der Waals surface area contributed by atoms with Crippen LogP contribution in [-0.2, 0) is 0 Å². The molecule has 3 nitrogen and oxygen atoms in total. The summed E-state index contributed by atoms with van der Waals surface area (Å²) < 4.78 is 0. The van der Waals surface area contributed by atoms with Crippen molar-refractivity contribution in [2.24, 2.45) is 5.73 Å². The molecule has 2 N–H and O–H groups in total. The van der Waals surface area contributed by atoms with E-state index in [1.807, 2.05) is 12.1 Å². The summed E-state index contributed by atoms with van der Waals surface area (Å²) in [6, 6.07) is 17.0. The average Bonchev–Trinajstić information content (AvgIpc) is 2.50. The topological polar surface area (TPSA) is 42.1 Å². The first-order valence-corrected chi connectivity index (χ1v) is 7.36. The number of rotatable bonds is 4. The molecule has 1 unspecified atom stereocenters. The quantitative estimate of drug-likeness (QED) is 0.745. The highest BCUT2D eigenvalue weighted by atomic mass is 15.1. The SMILES string of the molecule is CN(C)C(CCN)c1c2ccccc2nc2ccccc12. The molecular weight excluding hydrogens is 258 g/mol. The van der Waals surface area contributed by atoms with Gasteiger partial charge in [-0.25, -0.2) is 4.98 Å². The summed E-state index contributed by atoms with van der Waals surface area (Å²) in [6.45, 7) is 0.674. The standard InChI is InChI=1S/C18H21N3/c1-21(2)17(11-12-19)18-13-7-3-5-9-15(13)20-16-10-6-4-8-14(16)18/h3-10,17H,11-12,19H2,1-2H3. The lowest BCUT2D eigenvalue weighted by molar-refractivity contribution is 0.290. The molecule has 0 radical (unpaired) electrons. The number of nitrogens with zero attached hydrogens (tertiary/aromatic N) is 2. The maximum absolute atomic E-state index is 5.85. The van der Waals surface area contributed by atoms with Crippen LogP contribution >= 0.6 is 0 Å². The lowest BCUT2D eigenvalue weighted by atomic mass is 9.94. The summed E-state index contributed by atoms with van der Waals surface area (Å²) >= 11 is 0. The van der Waals surface area contributed by atoms with Crippen molar-refractivity contribution >= 4 is 21.8 Å². The Morgan fingerprint density at radius 2 is 1.48 bits per heavy atom. The molecule has 0 spiro atoms. The van der Waals surface area contributed by atoms with Crippen molar-refractivity contribution in [3.63, 3.8) is 0 Å². The van der Waals surface area contributed by atoms with Crippen LogP contribution in [0.5, 0.6) is 0 Å². The average molecular weight is 279 g/mol. The molecule has 0 saturated carbocycles. The zero-order chi connectivity index (χ0) is 14.8. The van der Waals surface area contributed by atoms with Crippen molar-refractivity contribution in [2.45, 2.75) is 12.5 Å². The minimum absolute atomic E-state index is 0.299. The Kier molecular flexibility index (Phi) is 3.86. The molecule has 0 aliphatic rings. The van der Waals surface area contributed by atoms with Gasteiger partial charge in [-0.1, -0.05) is 36.4 Å². The number of para-hydroxylation sites is 2. The summed E-state index contributed by atoms with van der Waals surface area (Å²) in [4.78, 5) is 7.04. The molecular formula is C18H21N3. The van der Waals surface area contributed by atoms with Gasteiger partial charge in [0.25, 0.3) is 0 Å². The van der Waals surface area contributed by atoms with E-state index in [2.05, 4.69) is 55.4 Å². The second-order valence-corrected chi connectivity index (χ2v) is 5.62. The molecule has 0 bridgehead atoms. The minimum Gasteiger partial charge on any atom is -0.330 e. The zero-order valence-electron chi connectivity index (χ0n) is 12.6. The minimum atomic E-state index is 0.299. The third-order valence-corrected chi connectivity index (χ3v) is 4.03. The first-order chi connectivity index (χ1) is 10.2. The number of aromatic nitrogens is 1. The van der Waals surface area contributed by atoms with Crippen LogP contribution in [0.4, 0.5) is 0 Å². The van der Waals surface area contributed by atoms with E-state index in [1.165, 1.54) is 16.3 Å². The molecule has 1 heterocycles. The summed E-state index contributed by atoms with van der Waals surface area (Å²) in [5, 5.41) is 2.45. The van der Waals surface area contributed by atoms with Gasteiger partial charge >= 0.3 is 0 Å². The van der Waals surface area contributed by atoms with Crippen molar-refractivity contribution in [3.8, 4) is 0 Å². The van der Waals surface area contributed by atoms with Crippen molar-refractivity contribution < 1.29 is 0 Å². The van der Waals surface area contributed by atoms with Gasteiger partial charge < -0.3 is 10.6 Å². The van der Waals surface area contributed by atoms with E-state index < -0.39 is 0 Å². The Hall–Kier alpha value is -1.97. The van der Waals surface area contributed by atoms with Crippen LogP contribution in [0.3, 0.4) is 0 Å². The second kappa shape index (κ2) is 5.80. The molecule has 21 heavy (non-hydrogen) atoms. The maximum Gasteiger partial charge on any atom is 0.0713 e. The fraction of sp³-hybridized carbons (Fsp3) is 0.278. The first kappa shape index (κ1) is 14.0. The molecule has 3 rings (SSSR count). The van der Waals surface area contributed by atoms with Crippen molar-refractivity contribution in [2.75, 3.05) is 20.6 Å². The molecule has 3 heteroatoms. The summed E-state index contributed by atoms with van der Waals surface area (Å²) in [6.07, 6.45) is 0.936. The van der Waals surface area contributed by atoms with Gasteiger partial charge in [-0.3, -0.25) is 0 Å². The Morgan fingerprint density at radius 1 is 0.952 bits per heavy atom. The molecule has 0 aliphatic heterocycles. The van der Waals surface area contributed by atoms with E-state index >= 15 is 0 Å². The normalized spacial score (nSPS) is 13.1. The predicted molar refractivity (Wildman–Crippen MR) is 89.3 cm³/mol. The highest BCUT2D eigenvalue weighted by molar-refractivity contribution is 5.97. The summed E-state index contributed by atoms with van der Waals surface area (Å²) in [5.74, 6) is 0. The van der Waals surface area contributed by atoms with Crippen LogP contribution in [0.15, 0.2) is 48.5 Å². The molecule has 3 aromatic rings. The Balaban J connectivity index is 2.39. The van der Waals surface area contributed by atoms with E-state index in [0.29, 0.717) is 12.6 Å². The zero-order valence-corrected chi connectivity index (χ0v) is 12.6. The van der Waals surface area contributed by atoms with Crippen LogP contribution in [0.25, 0.3) is 21.8 Å². The largest absolute Gasteiger partial charge is 0.330 e. The highest BCUT2D eigenvalue weighted by Crippen LogP contribution is 2.34. The number of pyridine rings is 1. The lowest BCUT2D eigenvalue weighted by Gasteiger charge is -2.27. The van der Waals surface area contributed by atoms with Gasteiger partial charge in [0.15, 0.2) is 0 Å². The van der Waals surface area contributed by atoms with Gasteiger partial charge in [0.05, 0.1) is 11.0 Å². The Labute approximate surface area is 125 Å². The van der Waals surface area contributed by atoms with E-state index in [0.717, 1.165) is 17.5 Å². The van der Waals surface area contributed by atoms with Crippen LogP contribution in [0.1, 0.15) is 18.0 Å². The van der Waals surface area contributed by atoms with Crippen molar-refractivity contribution in [3.05, 3.63) is 54.1 Å². The second-order valence-electron chi connectivity index (χ2n) is 5.62. The molecule has 0 aliphatic carbocycles. The van der Waals surface area contributed by atoms with Crippen LogP contribution in [0, 0.1) is 0 Å². The van der Waals surface area contributed by atoms with E-state index in [-0.39, 0.29) is 0 Å². The van der Waals surface area contributed by atoms with E-state index in [9.17, 15) is 0 Å². The van der Waals surface area contributed by atoms with E-state index in [1.54, 1.807) is 0 Å². The fourth-order valence-electron chi connectivity index (χ4n) is 3.05. The van der Waals surface area contributed by atoms with Gasteiger partial charge in [0.2, 0.25) is 0 Å². The third kappa shape index (κ3) is 2.50. The Bertz CT molecular complexity index is 711. The lowest BCUT2D eigenvalue weighted by Crippen LogP contribution is -2.23. The maximum atomic E-state index is 5.85. The Morgan fingerprint density at radius 3 is 1.95 bits per heavy atom. The first-order valence-electron chi connectivity index (χ1n) is 7.36. The summed E-state index contributed by atoms with van der Waals surface area (Å²) in [7, 11) is 4.23. The number of hydrogen-bond donors (Lipinski definition) is 1. The molecule has 0 amide bonds. The van der Waals surface area contributed by atoms with Gasteiger partial charge in [0.1, 0.15) is 0 Å². The van der Waals surface area contributed by atoms with Crippen LogP contribution in [0.2, 0.25) is 0 Å². The number of benzene rings is 2. The molecule has 2 aromatic carbocycles. The monoisotopic (exact) mass is 279 g/mol. The van der Waals surface area contributed by atoms with Crippen molar-refractivity contribution in [1.29, 1.82) is 0 Å². The van der Waals surface area contributed by atoms with Gasteiger partial charge in [0, 0.05) is 16.8 Å². The fourth-order valence-corrected chi connectivity index (χ4v) is 3.05. The van der Waals surface area contributed by atoms with E-state index in [4.69, 9.17) is 10.7 Å². The molecule has 0 saturated heterocycles. The number of nitrogens with two attached hydrogens (primary N) is 1. The number of fused-ring (bicyclic) bond motifs is 2. The van der Waals surface area contributed by atoms with Gasteiger partial charge in [-0.2, -0.15) is 0 Å². The predicted octanol–water partition coefficient (Wildman–Crippen LogP) is 3.34. The molecule has 1 aromatic heterocycles. The molecule has 1 atom stereocenters. The highest BCUT2D eigenvalue weighted by Gasteiger charge is 2.19. The van der Waals surface area contributed by atoms with Crippen LogP contribution < -0.4 is 5.73 Å². The molecule has 0 fully saturated rings.